The van der Waals surface area contributed by atoms with Gasteiger partial charge in [-0.1, -0.05) is 19.9 Å². The van der Waals surface area contributed by atoms with Crippen molar-refractivity contribution in [2.45, 2.75) is 58.5 Å². The van der Waals surface area contributed by atoms with Crippen molar-refractivity contribution in [3.8, 4) is 0 Å². The van der Waals surface area contributed by atoms with Crippen LogP contribution >= 0.6 is 0 Å². The van der Waals surface area contributed by atoms with Gasteiger partial charge in [-0.05, 0) is 56.3 Å². The Hall–Kier alpha value is -0.300. The largest absolute Gasteiger partial charge is 0.393 e. The summed E-state index contributed by atoms with van der Waals surface area (Å²) in [7, 11) is 0. The molecule has 1 N–H and O–H groups in total. The smallest absolute Gasteiger partial charge is 0.0571 e. The standard InChI is InChI=1S/C14H26O/c1-4-5-6-14(15)13-9-7-12(8-10-13)11(2)3/h4,11-15H,1,5-10H2,2-3H3. The molecule has 0 heterocycles. The van der Waals surface area contributed by atoms with E-state index in [-0.39, 0.29) is 6.10 Å². The van der Waals surface area contributed by atoms with Crippen molar-refractivity contribution < 1.29 is 5.11 Å². The first-order chi connectivity index (χ1) is 7.15. The van der Waals surface area contributed by atoms with Gasteiger partial charge in [0.2, 0.25) is 0 Å². The molecule has 0 amide bonds. The van der Waals surface area contributed by atoms with Crippen LogP contribution in [0, 0.1) is 17.8 Å². The maximum atomic E-state index is 9.98. The molecule has 1 nitrogen and oxygen atoms in total. The van der Waals surface area contributed by atoms with Crippen LogP contribution in [0.1, 0.15) is 52.4 Å². The number of hydrogen-bond acceptors (Lipinski definition) is 1. The van der Waals surface area contributed by atoms with E-state index in [0.29, 0.717) is 5.92 Å². The van der Waals surface area contributed by atoms with Crippen LogP contribution in [0.15, 0.2) is 12.7 Å². The molecule has 1 unspecified atom stereocenters. The number of aliphatic hydroxyl groups is 1. The summed E-state index contributed by atoms with van der Waals surface area (Å²) in [5, 5.41) is 9.98. The van der Waals surface area contributed by atoms with Gasteiger partial charge in [-0.15, -0.1) is 6.58 Å². The van der Waals surface area contributed by atoms with Gasteiger partial charge in [0.1, 0.15) is 0 Å². The second-order valence-corrected chi connectivity index (χ2v) is 5.35. The lowest BCUT2D eigenvalue weighted by Gasteiger charge is -2.33. The molecular formula is C14H26O. The van der Waals surface area contributed by atoms with Crippen molar-refractivity contribution in [3.05, 3.63) is 12.7 Å². The summed E-state index contributed by atoms with van der Waals surface area (Å²) in [5.74, 6) is 2.27. The van der Waals surface area contributed by atoms with E-state index in [1.54, 1.807) is 0 Å². The van der Waals surface area contributed by atoms with Gasteiger partial charge in [-0.25, -0.2) is 0 Å². The van der Waals surface area contributed by atoms with Gasteiger partial charge in [0, 0.05) is 0 Å². The SMILES string of the molecule is C=CCCC(O)C1CCC(C(C)C)CC1. The highest BCUT2D eigenvalue weighted by atomic mass is 16.3. The normalized spacial score (nSPS) is 29.1. The van der Waals surface area contributed by atoms with Crippen LogP contribution in [-0.4, -0.2) is 11.2 Å². The van der Waals surface area contributed by atoms with E-state index in [9.17, 15) is 5.11 Å². The molecule has 1 heteroatoms. The van der Waals surface area contributed by atoms with Crippen molar-refractivity contribution in [2.75, 3.05) is 0 Å². The van der Waals surface area contributed by atoms with Crippen LogP contribution in [0.25, 0.3) is 0 Å². The van der Waals surface area contributed by atoms with E-state index in [1.165, 1.54) is 25.7 Å². The van der Waals surface area contributed by atoms with Crippen LogP contribution in [0.5, 0.6) is 0 Å². The molecule has 0 bridgehead atoms. The Bertz CT molecular complexity index is 178. The molecule has 1 rings (SSSR count). The Morgan fingerprint density at radius 2 is 1.73 bits per heavy atom. The maximum Gasteiger partial charge on any atom is 0.0571 e. The molecule has 0 saturated heterocycles. The third-order valence-corrected chi connectivity index (χ3v) is 3.97. The van der Waals surface area contributed by atoms with Crippen molar-refractivity contribution in [3.63, 3.8) is 0 Å². The minimum atomic E-state index is -0.0869. The molecule has 0 aromatic carbocycles. The number of aliphatic hydroxyl groups excluding tert-OH is 1. The molecule has 1 atom stereocenters. The van der Waals surface area contributed by atoms with Gasteiger partial charge < -0.3 is 5.11 Å². The van der Waals surface area contributed by atoms with Gasteiger partial charge in [0.25, 0.3) is 0 Å². The highest BCUT2D eigenvalue weighted by Gasteiger charge is 2.27. The second-order valence-electron chi connectivity index (χ2n) is 5.35. The van der Waals surface area contributed by atoms with Crippen molar-refractivity contribution in [1.82, 2.24) is 0 Å². The molecule has 1 saturated carbocycles. The van der Waals surface area contributed by atoms with Gasteiger partial charge in [0.05, 0.1) is 6.10 Å². The van der Waals surface area contributed by atoms with Crippen LogP contribution in [0.4, 0.5) is 0 Å². The van der Waals surface area contributed by atoms with Gasteiger partial charge in [-0.3, -0.25) is 0 Å². The summed E-state index contributed by atoms with van der Waals surface area (Å²) < 4.78 is 0. The molecule has 88 valence electrons. The lowest BCUT2D eigenvalue weighted by molar-refractivity contribution is 0.0616. The molecule has 0 aliphatic heterocycles. The molecular weight excluding hydrogens is 184 g/mol. The average molecular weight is 210 g/mol. The Labute approximate surface area is 94.6 Å². The van der Waals surface area contributed by atoms with E-state index in [0.717, 1.165) is 24.7 Å². The Morgan fingerprint density at radius 1 is 1.20 bits per heavy atom. The summed E-state index contributed by atoms with van der Waals surface area (Å²) in [6.07, 6.45) is 8.74. The van der Waals surface area contributed by atoms with E-state index < -0.39 is 0 Å². The Balaban J connectivity index is 2.27. The zero-order valence-electron chi connectivity index (χ0n) is 10.3. The third kappa shape index (κ3) is 3.98. The number of hydrogen-bond donors (Lipinski definition) is 1. The first kappa shape index (κ1) is 12.8. The molecule has 0 radical (unpaired) electrons. The fourth-order valence-corrected chi connectivity index (χ4v) is 2.72. The van der Waals surface area contributed by atoms with Crippen molar-refractivity contribution >= 4 is 0 Å². The predicted octanol–water partition coefficient (Wildman–Crippen LogP) is 3.78. The molecule has 1 aliphatic rings. The topological polar surface area (TPSA) is 20.2 Å². The summed E-state index contributed by atoms with van der Waals surface area (Å²) in [4.78, 5) is 0. The van der Waals surface area contributed by atoms with E-state index in [4.69, 9.17) is 0 Å². The first-order valence-electron chi connectivity index (χ1n) is 6.44. The van der Waals surface area contributed by atoms with E-state index in [2.05, 4.69) is 20.4 Å². The zero-order chi connectivity index (χ0) is 11.3. The zero-order valence-corrected chi connectivity index (χ0v) is 10.3. The summed E-state index contributed by atoms with van der Waals surface area (Å²) in [5.41, 5.74) is 0. The average Bonchev–Trinajstić information content (AvgIpc) is 2.26. The molecule has 0 spiro atoms. The van der Waals surface area contributed by atoms with E-state index >= 15 is 0 Å². The van der Waals surface area contributed by atoms with E-state index in [1.807, 2.05) is 6.08 Å². The molecule has 15 heavy (non-hydrogen) atoms. The Kier molecular flexibility index (Phi) is 5.38. The Morgan fingerprint density at radius 3 is 2.20 bits per heavy atom. The van der Waals surface area contributed by atoms with Crippen molar-refractivity contribution in [1.29, 1.82) is 0 Å². The minimum Gasteiger partial charge on any atom is -0.393 e. The predicted molar refractivity (Wildman–Crippen MR) is 65.7 cm³/mol. The summed E-state index contributed by atoms with van der Waals surface area (Å²) in [6.45, 7) is 8.34. The fraction of sp³-hybridized carbons (Fsp3) is 0.857. The van der Waals surface area contributed by atoms with Crippen LogP contribution in [0.3, 0.4) is 0 Å². The lowest BCUT2D eigenvalue weighted by Crippen LogP contribution is -2.27. The fourth-order valence-electron chi connectivity index (χ4n) is 2.72. The molecule has 1 aliphatic carbocycles. The van der Waals surface area contributed by atoms with Crippen LogP contribution in [0.2, 0.25) is 0 Å². The second kappa shape index (κ2) is 6.32. The minimum absolute atomic E-state index is 0.0869. The van der Waals surface area contributed by atoms with Gasteiger partial charge in [0.15, 0.2) is 0 Å². The summed E-state index contributed by atoms with van der Waals surface area (Å²) >= 11 is 0. The van der Waals surface area contributed by atoms with Crippen LogP contribution in [-0.2, 0) is 0 Å². The molecule has 1 fully saturated rings. The third-order valence-electron chi connectivity index (χ3n) is 3.97. The lowest BCUT2D eigenvalue weighted by atomic mass is 9.74. The van der Waals surface area contributed by atoms with Gasteiger partial charge >= 0.3 is 0 Å². The quantitative estimate of drug-likeness (QED) is 0.685. The monoisotopic (exact) mass is 210 g/mol. The first-order valence-corrected chi connectivity index (χ1v) is 6.44. The van der Waals surface area contributed by atoms with Crippen LogP contribution < -0.4 is 0 Å². The van der Waals surface area contributed by atoms with Gasteiger partial charge in [-0.2, -0.15) is 0 Å². The molecule has 0 aromatic rings. The van der Waals surface area contributed by atoms with Crippen molar-refractivity contribution in [2.24, 2.45) is 17.8 Å². The molecule has 0 aromatic heterocycles. The highest BCUT2D eigenvalue weighted by molar-refractivity contribution is 4.80. The number of rotatable bonds is 5. The summed E-state index contributed by atoms with van der Waals surface area (Å²) in [6, 6.07) is 0. The number of allylic oxidation sites excluding steroid dienone is 1. The highest BCUT2D eigenvalue weighted by Crippen LogP contribution is 2.35. The maximum absolute atomic E-state index is 9.98.